The van der Waals surface area contributed by atoms with Gasteiger partial charge in [-0.05, 0) is 5.92 Å². The molecule has 0 aromatic carbocycles. The van der Waals surface area contributed by atoms with Crippen LogP contribution in [0.15, 0.2) is 11.6 Å². The van der Waals surface area contributed by atoms with Crippen molar-refractivity contribution in [1.29, 1.82) is 5.26 Å². The summed E-state index contributed by atoms with van der Waals surface area (Å²) >= 11 is 1.55. The minimum absolute atomic E-state index is 0.0324. The summed E-state index contributed by atoms with van der Waals surface area (Å²) in [6.07, 6.45) is 1.74. The lowest BCUT2D eigenvalue weighted by molar-refractivity contribution is 0.584. The predicted octanol–water partition coefficient (Wildman–Crippen LogP) is 2.41. The second-order valence-electron chi connectivity index (χ2n) is 2.72. The number of aromatic nitrogens is 1. The van der Waals surface area contributed by atoms with Crippen molar-refractivity contribution in [2.24, 2.45) is 5.92 Å². The van der Waals surface area contributed by atoms with Crippen molar-refractivity contribution in [2.75, 3.05) is 0 Å². The molecule has 0 N–H and O–H groups in total. The molecule has 0 aliphatic heterocycles. The maximum Gasteiger partial charge on any atom is 0.110 e. The highest BCUT2D eigenvalue weighted by molar-refractivity contribution is 7.09. The van der Waals surface area contributed by atoms with Crippen molar-refractivity contribution in [2.45, 2.75) is 19.8 Å². The van der Waals surface area contributed by atoms with Gasteiger partial charge in [-0.1, -0.05) is 13.8 Å². The summed E-state index contributed by atoms with van der Waals surface area (Å²) in [7, 11) is 0. The number of nitriles is 1. The lowest BCUT2D eigenvalue weighted by Crippen LogP contribution is -2.02. The van der Waals surface area contributed by atoms with Gasteiger partial charge in [0.1, 0.15) is 10.9 Å². The molecule has 1 aromatic heterocycles. The Balaban J connectivity index is 2.82. The van der Waals surface area contributed by atoms with Crippen molar-refractivity contribution < 1.29 is 0 Å². The molecule has 0 bridgehead atoms. The van der Waals surface area contributed by atoms with Crippen LogP contribution >= 0.6 is 11.3 Å². The summed E-state index contributed by atoms with van der Waals surface area (Å²) in [6.45, 7) is 4.07. The zero-order valence-corrected chi connectivity index (χ0v) is 7.43. The fourth-order valence-electron chi connectivity index (χ4n) is 0.878. The van der Waals surface area contributed by atoms with Crippen LogP contribution in [0, 0.1) is 17.2 Å². The van der Waals surface area contributed by atoms with Crippen molar-refractivity contribution in [1.82, 2.24) is 4.98 Å². The molecule has 3 heteroatoms. The van der Waals surface area contributed by atoms with Crippen molar-refractivity contribution in [3.8, 4) is 6.07 Å². The molecule has 1 unspecified atom stereocenters. The SMILES string of the molecule is CC(C)C(C#N)c1nccs1. The second kappa shape index (κ2) is 3.49. The highest BCUT2D eigenvalue weighted by atomic mass is 32.1. The largest absolute Gasteiger partial charge is 0.248 e. The second-order valence-corrected chi connectivity index (χ2v) is 3.65. The minimum Gasteiger partial charge on any atom is -0.248 e. The van der Waals surface area contributed by atoms with Gasteiger partial charge in [0.25, 0.3) is 0 Å². The van der Waals surface area contributed by atoms with Crippen molar-refractivity contribution in [3.63, 3.8) is 0 Å². The van der Waals surface area contributed by atoms with E-state index in [1.165, 1.54) is 0 Å². The normalized spacial score (nSPS) is 12.9. The number of nitrogens with zero attached hydrogens (tertiary/aromatic N) is 2. The van der Waals surface area contributed by atoms with E-state index < -0.39 is 0 Å². The highest BCUT2D eigenvalue weighted by Crippen LogP contribution is 2.24. The van der Waals surface area contributed by atoms with Gasteiger partial charge < -0.3 is 0 Å². The molecule has 0 aliphatic carbocycles. The van der Waals surface area contributed by atoms with Gasteiger partial charge in [0.2, 0.25) is 0 Å². The average Bonchev–Trinajstić information content (AvgIpc) is 2.40. The Morgan fingerprint density at radius 1 is 1.64 bits per heavy atom. The summed E-state index contributed by atoms with van der Waals surface area (Å²) in [6, 6.07) is 2.25. The van der Waals surface area contributed by atoms with E-state index in [0.29, 0.717) is 5.92 Å². The first-order valence-corrected chi connectivity index (χ1v) is 4.42. The van der Waals surface area contributed by atoms with E-state index in [4.69, 9.17) is 5.26 Å². The average molecular weight is 166 g/mol. The van der Waals surface area contributed by atoms with E-state index in [0.717, 1.165) is 5.01 Å². The standard InChI is InChI=1S/C8H10N2S/c1-6(2)7(5-9)8-10-3-4-11-8/h3-4,6-7H,1-2H3. The van der Waals surface area contributed by atoms with Crippen LogP contribution in [-0.4, -0.2) is 4.98 Å². The fourth-order valence-corrected chi connectivity index (χ4v) is 1.73. The molecule has 1 heterocycles. The van der Waals surface area contributed by atoms with Gasteiger partial charge in [-0.25, -0.2) is 4.98 Å². The lowest BCUT2D eigenvalue weighted by Gasteiger charge is -2.07. The Labute approximate surface area is 70.5 Å². The van der Waals surface area contributed by atoms with Crippen LogP contribution in [0.2, 0.25) is 0 Å². The van der Waals surface area contributed by atoms with Gasteiger partial charge in [-0.15, -0.1) is 11.3 Å². The zero-order chi connectivity index (χ0) is 8.27. The van der Waals surface area contributed by atoms with Crippen LogP contribution in [0.25, 0.3) is 0 Å². The molecule has 0 amide bonds. The van der Waals surface area contributed by atoms with E-state index in [1.807, 2.05) is 19.2 Å². The summed E-state index contributed by atoms with van der Waals surface area (Å²) in [4.78, 5) is 4.10. The van der Waals surface area contributed by atoms with Gasteiger partial charge in [0.15, 0.2) is 0 Å². The van der Waals surface area contributed by atoms with Crippen molar-refractivity contribution in [3.05, 3.63) is 16.6 Å². The number of hydrogen-bond donors (Lipinski definition) is 0. The summed E-state index contributed by atoms with van der Waals surface area (Å²) < 4.78 is 0. The maximum atomic E-state index is 8.78. The van der Waals surface area contributed by atoms with E-state index in [1.54, 1.807) is 17.5 Å². The smallest absolute Gasteiger partial charge is 0.110 e. The molecule has 58 valence electrons. The van der Waals surface area contributed by atoms with Gasteiger partial charge >= 0.3 is 0 Å². The molecule has 0 fully saturated rings. The summed E-state index contributed by atoms with van der Waals surface area (Å²) in [5.41, 5.74) is 0. The molecule has 0 saturated heterocycles. The predicted molar refractivity (Wildman–Crippen MR) is 45.3 cm³/mol. The third-order valence-corrected chi connectivity index (χ3v) is 2.38. The Morgan fingerprint density at radius 3 is 2.73 bits per heavy atom. The van der Waals surface area contributed by atoms with E-state index >= 15 is 0 Å². The van der Waals surface area contributed by atoms with Gasteiger partial charge in [0, 0.05) is 11.6 Å². The highest BCUT2D eigenvalue weighted by Gasteiger charge is 2.16. The van der Waals surface area contributed by atoms with Crippen LogP contribution in [0.3, 0.4) is 0 Å². The topological polar surface area (TPSA) is 36.7 Å². The van der Waals surface area contributed by atoms with Crippen LogP contribution < -0.4 is 0 Å². The van der Waals surface area contributed by atoms with E-state index in [2.05, 4.69) is 11.1 Å². The Bertz CT molecular complexity index is 246. The number of thiazole rings is 1. The zero-order valence-electron chi connectivity index (χ0n) is 6.61. The molecule has 11 heavy (non-hydrogen) atoms. The summed E-state index contributed by atoms with van der Waals surface area (Å²) in [5.74, 6) is 0.321. The Morgan fingerprint density at radius 2 is 2.36 bits per heavy atom. The molecule has 1 aromatic rings. The minimum atomic E-state index is -0.0324. The third kappa shape index (κ3) is 1.78. The molecule has 2 nitrogen and oxygen atoms in total. The maximum absolute atomic E-state index is 8.78. The van der Waals surface area contributed by atoms with Crippen molar-refractivity contribution >= 4 is 11.3 Å². The number of hydrogen-bond acceptors (Lipinski definition) is 3. The molecule has 1 atom stereocenters. The van der Waals surface area contributed by atoms with Gasteiger partial charge in [0.05, 0.1) is 6.07 Å². The first-order valence-electron chi connectivity index (χ1n) is 3.54. The molecule has 0 saturated carbocycles. The monoisotopic (exact) mass is 166 g/mol. The van der Waals surface area contributed by atoms with Crippen LogP contribution in [0.1, 0.15) is 24.8 Å². The molecule has 0 spiro atoms. The molecular weight excluding hydrogens is 156 g/mol. The van der Waals surface area contributed by atoms with E-state index in [-0.39, 0.29) is 5.92 Å². The van der Waals surface area contributed by atoms with Gasteiger partial charge in [-0.2, -0.15) is 5.26 Å². The fraction of sp³-hybridized carbons (Fsp3) is 0.500. The first kappa shape index (κ1) is 8.22. The van der Waals surface area contributed by atoms with Crippen LogP contribution in [0.4, 0.5) is 0 Å². The quantitative estimate of drug-likeness (QED) is 0.676. The number of rotatable bonds is 2. The molecule has 1 rings (SSSR count). The van der Waals surface area contributed by atoms with E-state index in [9.17, 15) is 0 Å². The molecular formula is C8H10N2S. The third-order valence-electron chi connectivity index (χ3n) is 1.52. The Kier molecular flexibility index (Phi) is 2.61. The molecule has 0 aliphatic rings. The first-order chi connectivity index (χ1) is 5.25. The Hall–Kier alpha value is -0.880. The van der Waals surface area contributed by atoms with Crippen LogP contribution in [-0.2, 0) is 0 Å². The van der Waals surface area contributed by atoms with Gasteiger partial charge in [-0.3, -0.25) is 0 Å². The lowest BCUT2D eigenvalue weighted by atomic mass is 9.99. The molecule has 0 radical (unpaired) electrons. The summed E-state index contributed by atoms with van der Waals surface area (Å²) in [5, 5.41) is 11.6. The van der Waals surface area contributed by atoms with Crippen LogP contribution in [0.5, 0.6) is 0 Å².